The minimum absolute atomic E-state index is 1.33. The van der Waals surface area contributed by atoms with Gasteiger partial charge in [-0.2, -0.15) is 0 Å². The van der Waals surface area contributed by atoms with Gasteiger partial charge in [-0.1, -0.05) is 0 Å². The van der Waals surface area contributed by atoms with E-state index in [4.69, 9.17) is 0 Å². The van der Waals surface area contributed by atoms with Gasteiger partial charge in [-0.3, -0.25) is 0 Å². The van der Waals surface area contributed by atoms with Gasteiger partial charge in [-0.05, 0) is 0 Å². The Hall–Kier alpha value is -0.501. The van der Waals surface area contributed by atoms with E-state index in [1.165, 1.54) is 45.7 Å². The third kappa shape index (κ3) is 3.98. The molecule has 0 saturated heterocycles. The fraction of sp³-hybridized carbons (Fsp3) is 0.444. The van der Waals surface area contributed by atoms with Crippen molar-refractivity contribution in [2.75, 3.05) is 0 Å². The second kappa shape index (κ2) is 7.33. The van der Waals surface area contributed by atoms with Crippen LogP contribution in [0.3, 0.4) is 0 Å². The van der Waals surface area contributed by atoms with E-state index in [1.807, 2.05) is 0 Å². The summed E-state index contributed by atoms with van der Waals surface area (Å²) in [5.74, 6) is 0. The van der Waals surface area contributed by atoms with E-state index in [0.29, 0.717) is 0 Å². The number of benzene rings is 1. The maximum atomic E-state index is 2.67. The molecule has 0 spiro atoms. The molecule has 1 aromatic carbocycles. The average molecular weight is 361 g/mol. The van der Waals surface area contributed by atoms with Gasteiger partial charge in [0.15, 0.2) is 0 Å². The Morgan fingerprint density at radius 1 is 0.789 bits per heavy atom. The molecule has 0 N–H and O–H groups in total. The van der Waals surface area contributed by atoms with Crippen LogP contribution >= 0.6 is 0 Å². The maximum absolute atomic E-state index is 2.67. The predicted molar refractivity (Wildman–Crippen MR) is 89.7 cm³/mol. The van der Waals surface area contributed by atoms with E-state index in [0.717, 1.165) is 0 Å². The molecule has 0 nitrogen and oxygen atoms in total. The molecule has 0 aromatic heterocycles. The second-order valence-corrected chi connectivity index (χ2v) is 17.5. The molecule has 0 bridgehead atoms. The quantitative estimate of drug-likeness (QED) is 0.558. The van der Waals surface area contributed by atoms with Crippen LogP contribution in [0.25, 0.3) is 12.2 Å². The molecule has 0 fully saturated rings. The van der Waals surface area contributed by atoms with Gasteiger partial charge in [-0.25, -0.2) is 0 Å². The van der Waals surface area contributed by atoms with Gasteiger partial charge in [0.05, 0.1) is 0 Å². The van der Waals surface area contributed by atoms with Crippen molar-refractivity contribution in [2.24, 2.45) is 0 Å². The number of unbranched alkanes of at least 4 members (excludes halogenated alkanes) is 2. The van der Waals surface area contributed by atoms with E-state index in [-0.39, 0.29) is 0 Å². The van der Waals surface area contributed by atoms with E-state index in [1.54, 1.807) is 0 Å². The van der Waals surface area contributed by atoms with Crippen LogP contribution in [0.15, 0.2) is 32.4 Å². The van der Waals surface area contributed by atoms with Gasteiger partial charge in [0.1, 0.15) is 0 Å². The molecule has 2 rings (SSSR count). The third-order valence-electron chi connectivity index (χ3n) is 4.18. The first-order chi connectivity index (χ1) is 9.29. The molecule has 102 valence electrons. The van der Waals surface area contributed by atoms with Crippen LogP contribution in [-0.2, 0) is 0 Å². The molecule has 0 amide bonds. The van der Waals surface area contributed by atoms with Crippen molar-refractivity contribution in [3.05, 3.63) is 43.6 Å². The zero-order chi connectivity index (χ0) is 13.6. The predicted octanol–water partition coefficient (Wildman–Crippen LogP) is 5.85. The molecule has 1 heteroatoms. The second-order valence-electron chi connectivity index (χ2n) is 5.74. The van der Waals surface area contributed by atoms with Crippen LogP contribution < -0.4 is 0 Å². The Morgan fingerprint density at radius 2 is 1.26 bits per heavy atom. The fourth-order valence-electron chi connectivity index (χ4n) is 2.85. The molecule has 1 aliphatic rings. The summed E-state index contributed by atoms with van der Waals surface area (Å²) >= 11 is -2.16. The van der Waals surface area contributed by atoms with Crippen LogP contribution in [0.5, 0.6) is 0 Å². The molecular weight excluding hydrogens is 335 g/mol. The summed E-state index contributed by atoms with van der Waals surface area (Å²) in [4.78, 5) is 0. The molecule has 0 unspecified atom stereocenters. The number of hydrogen-bond donors (Lipinski definition) is 0. The third-order valence-corrected chi connectivity index (χ3v) is 16.2. The summed E-state index contributed by atoms with van der Waals surface area (Å²) in [6, 6.07) is 8.80. The molecule has 1 heterocycles. The first-order valence-corrected chi connectivity index (χ1v) is 15.1. The fourth-order valence-corrected chi connectivity index (χ4v) is 14.5. The van der Waals surface area contributed by atoms with Crippen molar-refractivity contribution in [3.63, 3.8) is 0 Å². The Balaban J connectivity index is 2.25. The van der Waals surface area contributed by atoms with Gasteiger partial charge in [-0.15, -0.1) is 0 Å². The van der Waals surface area contributed by atoms with Crippen molar-refractivity contribution in [3.8, 4) is 0 Å². The number of fused-ring (bicyclic) bond motifs is 1. The summed E-state index contributed by atoms with van der Waals surface area (Å²) in [5, 5.41) is 0. The Bertz CT molecular complexity index is 414. The Kier molecular flexibility index (Phi) is 5.74. The summed E-state index contributed by atoms with van der Waals surface area (Å²) in [6.07, 6.45) is 10.3. The molecular formula is C18H26Sn. The molecule has 0 saturated carbocycles. The Labute approximate surface area is 122 Å². The van der Waals surface area contributed by atoms with Crippen LogP contribution in [0.2, 0.25) is 8.87 Å². The van der Waals surface area contributed by atoms with E-state index >= 15 is 0 Å². The SMILES string of the molecule is CCC[CH2][Sn]1([CH2]CCC)[CH]=Cc2ccccc2C=[CH]1. The molecule has 1 aliphatic heterocycles. The topological polar surface area (TPSA) is 0 Å². The summed E-state index contributed by atoms with van der Waals surface area (Å²) in [6.45, 7) is 4.64. The van der Waals surface area contributed by atoms with Gasteiger partial charge in [0.2, 0.25) is 0 Å². The number of rotatable bonds is 6. The normalized spacial score (nSPS) is 16.1. The first kappa shape index (κ1) is 14.9. The van der Waals surface area contributed by atoms with E-state index in [9.17, 15) is 0 Å². The zero-order valence-electron chi connectivity index (χ0n) is 12.4. The minimum atomic E-state index is -2.16. The van der Waals surface area contributed by atoms with E-state index < -0.39 is 18.4 Å². The van der Waals surface area contributed by atoms with Crippen LogP contribution in [0.4, 0.5) is 0 Å². The molecule has 1 aromatic rings. The zero-order valence-corrected chi connectivity index (χ0v) is 15.2. The van der Waals surface area contributed by atoms with Crippen LogP contribution in [-0.4, -0.2) is 18.4 Å². The standard InChI is InChI=1S/C10H8.2C4H9.Sn/c1-3-9-7-5-6-8-10(9)4-2;2*1-3-4-2;/h1-8H;2*1,3-4H2,2H3;. The average Bonchev–Trinajstić information content (AvgIpc) is 2.64. The van der Waals surface area contributed by atoms with Crippen LogP contribution in [0, 0.1) is 0 Å². The summed E-state index contributed by atoms with van der Waals surface area (Å²) in [7, 11) is 0. The van der Waals surface area contributed by atoms with Crippen molar-refractivity contribution >= 4 is 30.5 Å². The van der Waals surface area contributed by atoms with Crippen molar-refractivity contribution in [2.45, 2.75) is 48.4 Å². The van der Waals surface area contributed by atoms with Crippen LogP contribution in [0.1, 0.15) is 50.7 Å². The van der Waals surface area contributed by atoms with Gasteiger partial charge < -0.3 is 0 Å². The van der Waals surface area contributed by atoms with Gasteiger partial charge >= 0.3 is 123 Å². The molecule has 0 aliphatic carbocycles. The number of hydrogen-bond acceptors (Lipinski definition) is 0. The van der Waals surface area contributed by atoms with E-state index in [2.05, 4.69) is 58.4 Å². The first-order valence-electron chi connectivity index (χ1n) is 7.77. The monoisotopic (exact) mass is 362 g/mol. The van der Waals surface area contributed by atoms with Gasteiger partial charge in [0.25, 0.3) is 0 Å². The molecule has 19 heavy (non-hydrogen) atoms. The summed E-state index contributed by atoms with van der Waals surface area (Å²) < 4.78 is 8.32. The molecule has 0 atom stereocenters. The van der Waals surface area contributed by atoms with Crippen molar-refractivity contribution < 1.29 is 0 Å². The van der Waals surface area contributed by atoms with Gasteiger partial charge in [0, 0.05) is 0 Å². The summed E-state index contributed by atoms with van der Waals surface area (Å²) in [5.41, 5.74) is 2.82. The van der Waals surface area contributed by atoms with Crippen molar-refractivity contribution in [1.82, 2.24) is 0 Å². The Morgan fingerprint density at radius 3 is 1.68 bits per heavy atom. The van der Waals surface area contributed by atoms with Crippen molar-refractivity contribution in [1.29, 1.82) is 0 Å². The molecule has 0 radical (unpaired) electrons.